The van der Waals surface area contributed by atoms with E-state index in [1.165, 1.54) is 5.01 Å². The van der Waals surface area contributed by atoms with Crippen molar-refractivity contribution >= 4 is 29.2 Å². The van der Waals surface area contributed by atoms with Crippen LogP contribution in [0, 0.1) is 0 Å². The second-order valence-electron chi connectivity index (χ2n) is 6.31. The van der Waals surface area contributed by atoms with Gasteiger partial charge in [0.1, 0.15) is 0 Å². The van der Waals surface area contributed by atoms with Crippen molar-refractivity contribution < 1.29 is 4.79 Å². The summed E-state index contributed by atoms with van der Waals surface area (Å²) in [6, 6.07) is 17.6. The average Bonchev–Trinajstić information content (AvgIpc) is 2.93. The first-order valence-electron chi connectivity index (χ1n) is 8.12. The Morgan fingerprint density at radius 3 is 2.08 bits per heavy atom. The van der Waals surface area contributed by atoms with Crippen LogP contribution in [0.3, 0.4) is 0 Å². The molecular formula is C20H22N4O. The minimum absolute atomic E-state index is 0.119. The van der Waals surface area contributed by atoms with E-state index < -0.39 is 0 Å². The minimum Gasteiger partial charge on any atom is -0.378 e. The predicted molar refractivity (Wildman–Crippen MR) is 104 cm³/mol. The molecular weight excluding hydrogens is 312 g/mol. The van der Waals surface area contributed by atoms with E-state index in [1.807, 2.05) is 98.7 Å². The Balaban J connectivity index is 1.97. The van der Waals surface area contributed by atoms with Gasteiger partial charge >= 0.3 is 0 Å². The van der Waals surface area contributed by atoms with Gasteiger partial charge in [0.25, 0.3) is 5.91 Å². The third-order valence-corrected chi connectivity index (χ3v) is 4.00. The Bertz CT molecular complexity index is 821. The van der Waals surface area contributed by atoms with E-state index in [2.05, 4.69) is 5.10 Å². The lowest BCUT2D eigenvalue weighted by molar-refractivity contribution is -0.114. The zero-order chi connectivity index (χ0) is 18.0. The number of amidine groups is 1. The predicted octanol–water partition coefficient (Wildman–Crippen LogP) is 3.06. The Kier molecular flexibility index (Phi) is 4.57. The summed E-state index contributed by atoms with van der Waals surface area (Å²) in [5.74, 6) is 0.539. The lowest BCUT2D eigenvalue weighted by Crippen LogP contribution is -2.24. The van der Waals surface area contributed by atoms with Gasteiger partial charge in [0, 0.05) is 33.9 Å². The highest BCUT2D eigenvalue weighted by Crippen LogP contribution is 2.26. The normalized spacial score (nSPS) is 15.5. The van der Waals surface area contributed by atoms with Crippen molar-refractivity contribution in [2.75, 3.05) is 38.1 Å². The molecule has 0 unspecified atom stereocenters. The molecule has 0 aromatic heterocycles. The second-order valence-corrected chi connectivity index (χ2v) is 6.31. The largest absolute Gasteiger partial charge is 0.378 e. The maximum atomic E-state index is 12.9. The van der Waals surface area contributed by atoms with E-state index in [0.717, 1.165) is 16.9 Å². The van der Waals surface area contributed by atoms with Crippen molar-refractivity contribution in [3.8, 4) is 0 Å². The average molecular weight is 334 g/mol. The summed E-state index contributed by atoms with van der Waals surface area (Å²) in [4.78, 5) is 16.8. The highest BCUT2D eigenvalue weighted by atomic mass is 16.2. The van der Waals surface area contributed by atoms with E-state index >= 15 is 0 Å². The number of hydrazone groups is 1. The lowest BCUT2D eigenvalue weighted by atomic mass is 10.1. The fourth-order valence-corrected chi connectivity index (χ4v) is 2.64. The van der Waals surface area contributed by atoms with Crippen molar-refractivity contribution in [1.29, 1.82) is 0 Å². The molecule has 0 aliphatic carbocycles. The van der Waals surface area contributed by atoms with E-state index in [9.17, 15) is 4.79 Å². The molecule has 1 heterocycles. The number of hydrogen-bond acceptors (Lipinski definition) is 4. The first-order chi connectivity index (χ1) is 12.0. The number of likely N-dealkylation sites (N-methyl/N-ethyl adjacent to an activating group) is 1. The summed E-state index contributed by atoms with van der Waals surface area (Å²) in [7, 11) is 7.79. The number of hydrogen-bond donors (Lipinski definition) is 0. The third-order valence-electron chi connectivity index (χ3n) is 4.00. The summed E-state index contributed by atoms with van der Waals surface area (Å²) in [6.45, 7) is 0. The van der Waals surface area contributed by atoms with Gasteiger partial charge in [0.15, 0.2) is 5.84 Å². The molecule has 5 nitrogen and oxygen atoms in total. The molecule has 5 heteroatoms. The zero-order valence-corrected chi connectivity index (χ0v) is 15.0. The van der Waals surface area contributed by atoms with Crippen LogP contribution >= 0.6 is 0 Å². The first-order valence-corrected chi connectivity index (χ1v) is 8.12. The second kappa shape index (κ2) is 6.81. The molecule has 0 fully saturated rings. The van der Waals surface area contributed by atoms with E-state index in [1.54, 1.807) is 0 Å². The number of anilines is 2. The summed E-state index contributed by atoms with van der Waals surface area (Å²) >= 11 is 0. The lowest BCUT2D eigenvalue weighted by Gasteiger charge is -2.13. The van der Waals surface area contributed by atoms with Crippen LogP contribution in [0.25, 0.3) is 6.08 Å². The highest BCUT2D eigenvalue weighted by Gasteiger charge is 2.32. The Labute approximate surface area is 148 Å². The monoisotopic (exact) mass is 334 g/mol. The van der Waals surface area contributed by atoms with Gasteiger partial charge in [-0.3, -0.25) is 4.79 Å². The molecule has 25 heavy (non-hydrogen) atoms. The Morgan fingerprint density at radius 1 is 0.880 bits per heavy atom. The molecule has 0 radical (unpaired) electrons. The molecule has 2 aromatic carbocycles. The summed E-state index contributed by atoms with van der Waals surface area (Å²) < 4.78 is 0. The SMILES string of the molecule is CN(C)C1=NN(c2ccccc2)C(=O)/C1=C/c1ccc(N(C)C)cc1. The van der Waals surface area contributed by atoms with Gasteiger partial charge in [-0.05, 0) is 35.9 Å². The van der Waals surface area contributed by atoms with Gasteiger partial charge in [-0.15, -0.1) is 5.10 Å². The van der Waals surface area contributed by atoms with Crippen LogP contribution in [0.15, 0.2) is 65.3 Å². The number of amides is 1. The summed E-state index contributed by atoms with van der Waals surface area (Å²) in [5, 5.41) is 5.97. The van der Waals surface area contributed by atoms with Crippen LogP contribution < -0.4 is 9.91 Å². The van der Waals surface area contributed by atoms with Gasteiger partial charge in [0.2, 0.25) is 0 Å². The van der Waals surface area contributed by atoms with Crippen LogP contribution in [-0.4, -0.2) is 44.8 Å². The van der Waals surface area contributed by atoms with Crippen LogP contribution in [0.5, 0.6) is 0 Å². The molecule has 2 aromatic rings. The van der Waals surface area contributed by atoms with Crippen LogP contribution in [-0.2, 0) is 4.79 Å². The van der Waals surface area contributed by atoms with Crippen molar-refractivity contribution in [3.05, 3.63) is 65.7 Å². The molecule has 1 amide bonds. The molecule has 0 spiro atoms. The molecule has 0 atom stereocenters. The van der Waals surface area contributed by atoms with Gasteiger partial charge in [-0.25, -0.2) is 0 Å². The highest BCUT2D eigenvalue weighted by molar-refractivity contribution is 6.31. The molecule has 128 valence electrons. The van der Waals surface area contributed by atoms with Crippen molar-refractivity contribution in [3.63, 3.8) is 0 Å². The molecule has 0 saturated heterocycles. The number of benzene rings is 2. The standard InChI is InChI=1S/C20H22N4O/c1-22(2)16-12-10-15(11-13-16)14-18-19(23(3)4)21-24(20(18)25)17-8-6-5-7-9-17/h5-14H,1-4H3/b18-14+. The number of rotatable bonds is 3. The molecule has 3 rings (SSSR count). The van der Waals surface area contributed by atoms with Gasteiger partial charge < -0.3 is 9.80 Å². The van der Waals surface area contributed by atoms with Crippen molar-refractivity contribution in [2.45, 2.75) is 0 Å². The van der Waals surface area contributed by atoms with E-state index in [4.69, 9.17) is 0 Å². The number of carbonyl (C=O) groups excluding carboxylic acids is 1. The van der Waals surface area contributed by atoms with E-state index in [-0.39, 0.29) is 5.91 Å². The fourth-order valence-electron chi connectivity index (χ4n) is 2.64. The minimum atomic E-state index is -0.119. The van der Waals surface area contributed by atoms with Gasteiger partial charge in [-0.1, -0.05) is 30.3 Å². The van der Waals surface area contributed by atoms with Crippen LogP contribution in [0.1, 0.15) is 5.56 Å². The Hall–Kier alpha value is -3.08. The van der Waals surface area contributed by atoms with Crippen molar-refractivity contribution in [2.24, 2.45) is 5.10 Å². The maximum absolute atomic E-state index is 12.9. The Morgan fingerprint density at radius 2 is 1.52 bits per heavy atom. The van der Waals surface area contributed by atoms with Gasteiger partial charge in [0.05, 0.1) is 11.3 Å². The van der Waals surface area contributed by atoms with E-state index in [0.29, 0.717) is 11.4 Å². The zero-order valence-electron chi connectivity index (χ0n) is 15.0. The summed E-state index contributed by atoms with van der Waals surface area (Å²) in [5.41, 5.74) is 3.44. The fraction of sp³-hybridized carbons (Fsp3) is 0.200. The van der Waals surface area contributed by atoms with Crippen LogP contribution in [0.4, 0.5) is 11.4 Å². The van der Waals surface area contributed by atoms with Crippen LogP contribution in [0.2, 0.25) is 0 Å². The van der Waals surface area contributed by atoms with Crippen molar-refractivity contribution in [1.82, 2.24) is 4.90 Å². The topological polar surface area (TPSA) is 39.1 Å². The number of nitrogens with zero attached hydrogens (tertiary/aromatic N) is 4. The summed E-state index contributed by atoms with van der Waals surface area (Å²) in [6.07, 6.45) is 1.89. The maximum Gasteiger partial charge on any atom is 0.282 e. The molecule has 0 saturated carbocycles. The smallest absolute Gasteiger partial charge is 0.282 e. The quantitative estimate of drug-likeness (QED) is 0.810. The number of carbonyl (C=O) groups is 1. The molecule has 1 aliphatic heterocycles. The molecule has 1 aliphatic rings. The first kappa shape index (κ1) is 16.8. The molecule has 0 bridgehead atoms. The van der Waals surface area contributed by atoms with Gasteiger partial charge in [-0.2, -0.15) is 5.01 Å². The number of para-hydroxylation sites is 1. The molecule has 0 N–H and O–H groups in total. The third kappa shape index (κ3) is 3.40.